The molecule has 2 fully saturated rings. The number of carboxylic acids is 1. The molecule has 0 atom stereocenters. The highest BCUT2D eigenvalue weighted by Gasteiger charge is 2.51. The maximum Gasteiger partial charge on any atom is 0.310 e. The van der Waals surface area contributed by atoms with Crippen LogP contribution in [0.4, 0.5) is 0 Å². The lowest BCUT2D eigenvalue weighted by Gasteiger charge is -2.19. The largest absolute Gasteiger partial charge is 0.481 e. The van der Waals surface area contributed by atoms with E-state index in [9.17, 15) is 4.79 Å². The molecule has 0 aromatic heterocycles. The van der Waals surface area contributed by atoms with Gasteiger partial charge in [-0.05, 0) is 32.7 Å². The van der Waals surface area contributed by atoms with Crippen molar-refractivity contribution in [1.82, 2.24) is 4.90 Å². The van der Waals surface area contributed by atoms with Gasteiger partial charge in [0.1, 0.15) is 0 Å². The molecule has 0 aliphatic heterocycles. The van der Waals surface area contributed by atoms with Gasteiger partial charge in [0, 0.05) is 12.6 Å². The average molecular weight is 169 g/mol. The van der Waals surface area contributed by atoms with Crippen molar-refractivity contribution in [3.8, 4) is 0 Å². The molecular formula is C9H15NO2. The van der Waals surface area contributed by atoms with Crippen molar-refractivity contribution in [2.75, 3.05) is 13.6 Å². The molecule has 0 amide bonds. The molecule has 0 heterocycles. The topological polar surface area (TPSA) is 40.5 Å². The van der Waals surface area contributed by atoms with Crippen LogP contribution >= 0.6 is 0 Å². The van der Waals surface area contributed by atoms with Gasteiger partial charge < -0.3 is 10.0 Å². The van der Waals surface area contributed by atoms with Crippen LogP contribution in [0, 0.1) is 5.41 Å². The molecule has 3 nitrogen and oxygen atoms in total. The second-order valence-corrected chi connectivity index (χ2v) is 4.23. The molecule has 3 heteroatoms. The van der Waals surface area contributed by atoms with E-state index in [-0.39, 0.29) is 5.41 Å². The number of hydrogen-bond donors (Lipinski definition) is 1. The van der Waals surface area contributed by atoms with Crippen LogP contribution in [0.2, 0.25) is 0 Å². The fourth-order valence-electron chi connectivity index (χ4n) is 1.71. The van der Waals surface area contributed by atoms with Crippen molar-refractivity contribution in [3.63, 3.8) is 0 Å². The summed E-state index contributed by atoms with van der Waals surface area (Å²) >= 11 is 0. The number of carboxylic acid groups (broad SMARTS) is 1. The van der Waals surface area contributed by atoms with Crippen molar-refractivity contribution >= 4 is 5.97 Å². The average Bonchev–Trinajstić information content (AvgIpc) is 2.84. The van der Waals surface area contributed by atoms with Crippen LogP contribution in [0.1, 0.15) is 25.7 Å². The standard InChI is InChI=1S/C9H15NO2/c1-10(7-2-3-7)6-9(4-5-9)8(11)12/h7H,2-6H2,1H3,(H,11,12). The summed E-state index contributed by atoms with van der Waals surface area (Å²) in [6.45, 7) is 0.757. The highest BCUT2D eigenvalue weighted by Crippen LogP contribution is 2.47. The van der Waals surface area contributed by atoms with Gasteiger partial charge >= 0.3 is 5.97 Å². The van der Waals surface area contributed by atoms with Gasteiger partial charge in [0.25, 0.3) is 0 Å². The molecule has 2 aliphatic rings. The molecule has 0 radical (unpaired) electrons. The first kappa shape index (κ1) is 8.05. The molecule has 0 unspecified atom stereocenters. The van der Waals surface area contributed by atoms with Crippen molar-refractivity contribution in [3.05, 3.63) is 0 Å². The minimum absolute atomic E-state index is 0.364. The SMILES string of the molecule is CN(CC1(C(=O)O)CC1)C1CC1. The summed E-state index contributed by atoms with van der Waals surface area (Å²) in [4.78, 5) is 13.0. The second kappa shape index (κ2) is 2.46. The van der Waals surface area contributed by atoms with Gasteiger partial charge in [-0.15, -0.1) is 0 Å². The molecule has 0 aromatic rings. The summed E-state index contributed by atoms with van der Waals surface area (Å²) in [5.41, 5.74) is -0.364. The lowest BCUT2D eigenvalue weighted by molar-refractivity contribution is -0.144. The fourth-order valence-corrected chi connectivity index (χ4v) is 1.71. The summed E-state index contributed by atoms with van der Waals surface area (Å²) < 4.78 is 0. The summed E-state index contributed by atoms with van der Waals surface area (Å²) in [5, 5.41) is 8.93. The smallest absolute Gasteiger partial charge is 0.310 e. The molecule has 0 bridgehead atoms. The molecule has 1 N–H and O–H groups in total. The Balaban J connectivity index is 1.88. The minimum atomic E-state index is -0.602. The van der Waals surface area contributed by atoms with E-state index >= 15 is 0 Å². The van der Waals surface area contributed by atoms with Gasteiger partial charge in [-0.25, -0.2) is 0 Å². The van der Waals surface area contributed by atoms with Crippen LogP contribution in [0.3, 0.4) is 0 Å². The third-order valence-corrected chi connectivity index (χ3v) is 3.03. The summed E-state index contributed by atoms with van der Waals surface area (Å²) in [6.07, 6.45) is 4.26. The van der Waals surface area contributed by atoms with Gasteiger partial charge in [-0.3, -0.25) is 4.79 Å². The van der Waals surface area contributed by atoms with E-state index in [1.165, 1.54) is 12.8 Å². The van der Waals surface area contributed by atoms with E-state index in [4.69, 9.17) is 5.11 Å². The van der Waals surface area contributed by atoms with Gasteiger partial charge in [-0.2, -0.15) is 0 Å². The first-order valence-corrected chi connectivity index (χ1v) is 4.58. The van der Waals surface area contributed by atoms with Crippen LogP contribution in [0.5, 0.6) is 0 Å². The highest BCUT2D eigenvalue weighted by molar-refractivity contribution is 5.78. The predicted octanol–water partition coefficient (Wildman–Crippen LogP) is 0.945. The first-order chi connectivity index (χ1) is 5.64. The van der Waals surface area contributed by atoms with E-state index in [2.05, 4.69) is 4.90 Å². The maximum absolute atomic E-state index is 10.8. The van der Waals surface area contributed by atoms with Crippen LogP contribution in [-0.2, 0) is 4.79 Å². The van der Waals surface area contributed by atoms with Crippen molar-refractivity contribution in [2.45, 2.75) is 31.7 Å². The molecule has 2 aliphatic carbocycles. The summed E-state index contributed by atoms with van der Waals surface area (Å²) in [5.74, 6) is -0.602. The Morgan fingerprint density at radius 1 is 1.58 bits per heavy atom. The number of hydrogen-bond acceptors (Lipinski definition) is 2. The van der Waals surface area contributed by atoms with Gasteiger partial charge in [0.05, 0.1) is 5.41 Å². The first-order valence-electron chi connectivity index (χ1n) is 4.58. The molecule has 12 heavy (non-hydrogen) atoms. The van der Waals surface area contributed by atoms with Gasteiger partial charge in [0.15, 0.2) is 0 Å². The Hall–Kier alpha value is -0.570. The quantitative estimate of drug-likeness (QED) is 0.681. The number of carbonyl (C=O) groups is 1. The highest BCUT2D eigenvalue weighted by atomic mass is 16.4. The van der Waals surface area contributed by atoms with E-state index in [0.717, 1.165) is 19.4 Å². The Morgan fingerprint density at radius 2 is 2.17 bits per heavy atom. The number of rotatable bonds is 4. The molecule has 0 saturated heterocycles. The third kappa shape index (κ3) is 1.33. The maximum atomic E-state index is 10.8. The van der Waals surface area contributed by atoms with Gasteiger partial charge in [0.2, 0.25) is 0 Å². The molecule has 0 spiro atoms. The lowest BCUT2D eigenvalue weighted by atomic mass is 10.1. The van der Waals surface area contributed by atoms with E-state index in [1.807, 2.05) is 7.05 Å². The molecule has 0 aromatic carbocycles. The van der Waals surface area contributed by atoms with Crippen molar-refractivity contribution in [1.29, 1.82) is 0 Å². The van der Waals surface area contributed by atoms with E-state index in [1.54, 1.807) is 0 Å². The second-order valence-electron chi connectivity index (χ2n) is 4.23. The molecule has 2 saturated carbocycles. The van der Waals surface area contributed by atoms with Crippen LogP contribution in [-0.4, -0.2) is 35.6 Å². The minimum Gasteiger partial charge on any atom is -0.481 e. The van der Waals surface area contributed by atoms with Gasteiger partial charge in [-0.1, -0.05) is 0 Å². The van der Waals surface area contributed by atoms with Crippen LogP contribution in [0.15, 0.2) is 0 Å². The van der Waals surface area contributed by atoms with E-state index < -0.39 is 5.97 Å². The Kier molecular flexibility index (Phi) is 1.65. The van der Waals surface area contributed by atoms with Crippen molar-refractivity contribution in [2.24, 2.45) is 5.41 Å². The zero-order valence-electron chi connectivity index (χ0n) is 7.42. The fraction of sp³-hybridized carbons (Fsp3) is 0.889. The molecular weight excluding hydrogens is 154 g/mol. The zero-order chi connectivity index (χ0) is 8.77. The number of aliphatic carboxylic acids is 1. The summed E-state index contributed by atoms with van der Waals surface area (Å²) in [7, 11) is 2.04. The summed E-state index contributed by atoms with van der Waals surface area (Å²) in [6, 6.07) is 0.682. The van der Waals surface area contributed by atoms with E-state index in [0.29, 0.717) is 6.04 Å². The Morgan fingerprint density at radius 3 is 2.50 bits per heavy atom. The Bertz CT molecular complexity index is 207. The zero-order valence-corrected chi connectivity index (χ0v) is 7.42. The predicted molar refractivity (Wildman–Crippen MR) is 45.0 cm³/mol. The van der Waals surface area contributed by atoms with Crippen LogP contribution in [0.25, 0.3) is 0 Å². The number of nitrogens with zero attached hydrogens (tertiary/aromatic N) is 1. The van der Waals surface area contributed by atoms with Crippen LogP contribution < -0.4 is 0 Å². The monoisotopic (exact) mass is 169 g/mol. The Labute approximate surface area is 72.4 Å². The third-order valence-electron chi connectivity index (χ3n) is 3.03. The molecule has 68 valence electrons. The van der Waals surface area contributed by atoms with Crippen molar-refractivity contribution < 1.29 is 9.90 Å². The molecule has 2 rings (SSSR count). The lowest BCUT2D eigenvalue weighted by Crippen LogP contribution is -2.33. The normalized spacial score (nSPS) is 25.8.